The average molecular weight is 365 g/mol. The van der Waals surface area contributed by atoms with Gasteiger partial charge in [-0.15, -0.1) is 0 Å². The maximum atomic E-state index is 14.2. The number of aromatic nitrogens is 3. The second-order valence-electron chi connectivity index (χ2n) is 5.03. The zero-order chi connectivity index (χ0) is 18.7. The summed E-state index contributed by atoms with van der Waals surface area (Å²) in [6.07, 6.45) is 0.825. The van der Waals surface area contributed by atoms with Crippen molar-refractivity contribution in [2.75, 3.05) is 7.11 Å². The minimum atomic E-state index is -2.71. The van der Waals surface area contributed by atoms with E-state index in [1.165, 1.54) is 25.7 Å². The molecule has 2 heterocycles. The molecule has 0 saturated heterocycles. The largest absolute Gasteiger partial charge is 0.494 e. The third kappa shape index (κ3) is 3.56. The van der Waals surface area contributed by atoms with Crippen LogP contribution in [0.2, 0.25) is 0 Å². The SMILES string of the molecule is COc1cc(-c2cncnc2Oc2ccc(C(F)F)nc2)c(F)cc1F. The minimum Gasteiger partial charge on any atom is -0.494 e. The summed E-state index contributed by atoms with van der Waals surface area (Å²) < 4.78 is 63.3. The Morgan fingerprint density at radius 1 is 0.962 bits per heavy atom. The molecular formula is C17H11F4N3O2. The van der Waals surface area contributed by atoms with Gasteiger partial charge >= 0.3 is 0 Å². The van der Waals surface area contributed by atoms with Crippen molar-refractivity contribution in [2.45, 2.75) is 6.43 Å². The lowest BCUT2D eigenvalue weighted by Gasteiger charge is -2.12. The summed E-state index contributed by atoms with van der Waals surface area (Å²) in [5.74, 6) is -1.84. The molecule has 1 aromatic carbocycles. The predicted octanol–water partition coefficient (Wildman–Crippen LogP) is 4.56. The van der Waals surface area contributed by atoms with Gasteiger partial charge in [0.1, 0.15) is 23.6 Å². The highest BCUT2D eigenvalue weighted by Crippen LogP contribution is 2.35. The molecular weight excluding hydrogens is 354 g/mol. The van der Waals surface area contributed by atoms with Crippen molar-refractivity contribution >= 4 is 0 Å². The van der Waals surface area contributed by atoms with Crippen LogP contribution in [0, 0.1) is 11.6 Å². The zero-order valence-corrected chi connectivity index (χ0v) is 13.3. The predicted molar refractivity (Wildman–Crippen MR) is 83.2 cm³/mol. The van der Waals surface area contributed by atoms with Gasteiger partial charge in [-0.1, -0.05) is 0 Å². The second-order valence-corrected chi connectivity index (χ2v) is 5.03. The fourth-order valence-electron chi connectivity index (χ4n) is 2.17. The van der Waals surface area contributed by atoms with Crippen LogP contribution in [-0.4, -0.2) is 22.1 Å². The third-order valence-corrected chi connectivity index (χ3v) is 3.40. The van der Waals surface area contributed by atoms with Gasteiger partial charge in [-0.3, -0.25) is 4.98 Å². The smallest absolute Gasteiger partial charge is 0.280 e. The molecule has 5 nitrogen and oxygen atoms in total. The maximum absolute atomic E-state index is 14.2. The molecule has 0 radical (unpaired) electrons. The fraction of sp³-hybridized carbons (Fsp3) is 0.118. The number of hydrogen-bond acceptors (Lipinski definition) is 5. The van der Waals surface area contributed by atoms with Gasteiger partial charge < -0.3 is 9.47 Å². The number of benzene rings is 1. The van der Waals surface area contributed by atoms with Crippen LogP contribution in [0.3, 0.4) is 0 Å². The molecule has 3 rings (SSSR count). The van der Waals surface area contributed by atoms with Crippen LogP contribution in [0.25, 0.3) is 11.1 Å². The first-order valence-electron chi connectivity index (χ1n) is 7.25. The van der Waals surface area contributed by atoms with E-state index >= 15 is 0 Å². The Morgan fingerprint density at radius 3 is 2.42 bits per heavy atom. The van der Waals surface area contributed by atoms with E-state index < -0.39 is 23.8 Å². The number of ether oxygens (including phenoxy) is 2. The van der Waals surface area contributed by atoms with Crippen molar-refractivity contribution in [3.63, 3.8) is 0 Å². The van der Waals surface area contributed by atoms with Crippen molar-refractivity contribution in [1.82, 2.24) is 15.0 Å². The van der Waals surface area contributed by atoms with Crippen LogP contribution in [0.1, 0.15) is 12.1 Å². The van der Waals surface area contributed by atoms with Gasteiger partial charge in [0.2, 0.25) is 5.88 Å². The first-order chi connectivity index (χ1) is 12.5. The quantitative estimate of drug-likeness (QED) is 0.621. The number of pyridine rings is 1. The second kappa shape index (κ2) is 7.34. The van der Waals surface area contributed by atoms with Crippen molar-refractivity contribution in [2.24, 2.45) is 0 Å². The van der Waals surface area contributed by atoms with Crippen LogP contribution < -0.4 is 9.47 Å². The molecule has 0 unspecified atom stereocenters. The van der Waals surface area contributed by atoms with Crippen molar-refractivity contribution in [3.8, 4) is 28.5 Å². The summed E-state index contributed by atoms with van der Waals surface area (Å²) in [7, 11) is 1.25. The van der Waals surface area contributed by atoms with Crippen LogP contribution in [-0.2, 0) is 0 Å². The van der Waals surface area contributed by atoms with Gasteiger partial charge in [-0.05, 0) is 18.2 Å². The van der Waals surface area contributed by atoms with E-state index in [-0.39, 0.29) is 28.5 Å². The van der Waals surface area contributed by atoms with E-state index in [0.717, 1.165) is 18.3 Å². The molecule has 0 fully saturated rings. The first-order valence-corrected chi connectivity index (χ1v) is 7.25. The molecule has 2 aromatic heterocycles. The first kappa shape index (κ1) is 17.6. The van der Waals surface area contributed by atoms with Crippen LogP contribution >= 0.6 is 0 Å². The molecule has 0 N–H and O–H groups in total. The minimum absolute atomic E-state index is 0.0454. The normalized spacial score (nSPS) is 10.8. The van der Waals surface area contributed by atoms with Gasteiger partial charge in [0.05, 0.1) is 18.9 Å². The Kier molecular flexibility index (Phi) is 4.97. The van der Waals surface area contributed by atoms with Gasteiger partial charge in [0.15, 0.2) is 11.6 Å². The molecule has 0 aliphatic heterocycles. The van der Waals surface area contributed by atoms with Gasteiger partial charge in [0.25, 0.3) is 6.43 Å². The molecule has 0 aliphatic carbocycles. The lowest BCUT2D eigenvalue weighted by atomic mass is 10.1. The fourth-order valence-corrected chi connectivity index (χ4v) is 2.17. The number of nitrogens with zero attached hydrogens (tertiary/aromatic N) is 3. The molecule has 134 valence electrons. The lowest BCUT2D eigenvalue weighted by molar-refractivity contribution is 0.146. The zero-order valence-electron chi connectivity index (χ0n) is 13.3. The lowest BCUT2D eigenvalue weighted by Crippen LogP contribution is -1.98. The van der Waals surface area contributed by atoms with E-state index in [9.17, 15) is 17.6 Å². The van der Waals surface area contributed by atoms with Crippen molar-refractivity contribution < 1.29 is 27.0 Å². The van der Waals surface area contributed by atoms with E-state index in [4.69, 9.17) is 9.47 Å². The Labute approximate surface area is 145 Å². The summed E-state index contributed by atoms with van der Waals surface area (Å²) in [5.41, 5.74) is -0.327. The number of hydrogen-bond donors (Lipinski definition) is 0. The maximum Gasteiger partial charge on any atom is 0.280 e. The van der Waals surface area contributed by atoms with Gasteiger partial charge in [-0.2, -0.15) is 0 Å². The van der Waals surface area contributed by atoms with Crippen LogP contribution in [0.15, 0.2) is 43.0 Å². The molecule has 3 aromatic rings. The molecule has 9 heteroatoms. The summed E-state index contributed by atoms with van der Waals surface area (Å²) in [6.45, 7) is 0. The van der Waals surface area contributed by atoms with E-state index in [1.807, 2.05) is 0 Å². The highest BCUT2D eigenvalue weighted by Gasteiger charge is 2.18. The Morgan fingerprint density at radius 2 is 1.77 bits per heavy atom. The van der Waals surface area contributed by atoms with Gasteiger partial charge in [0, 0.05) is 17.8 Å². The highest BCUT2D eigenvalue weighted by atomic mass is 19.3. The Balaban J connectivity index is 1.99. The molecule has 0 bridgehead atoms. The Bertz CT molecular complexity index is 920. The van der Waals surface area contributed by atoms with E-state index in [0.29, 0.717) is 6.07 Å². The molecule has 0 aliphatic rings. The summed E-state index contributed by atoms with van der Waals surface area (Å²) in [6, 6.07) is 4.20. The summed E-state index contributed by atoms with van der Waals surface area (Å²) in [4.78, 5) is 11.3. The van der Waals surface area contributed by atoms with E-state index in [1.54, 1.807) is 0 Å². The third-order valence-electron chi connectivity index (χ3n) is 3.40. The molecule has 0 amide bonds. The van der Waals surface area contributed by atoms with Crippen LogP contribution in [0.4, 0.5) is 17.6 Å². The molecule has 0 atom stereocenters. The summed E-state index contributed by atoms with van der Waals surface area (Å²) in [5, 5.41) is 0. The van der Waals surface area contributed by atoms with Gasteiger partial charge in [-0.25, -0.2) is 27.5 Å². The standard InChI is InChI=1S/C17H11F4N3O2/c1-25-15-4-10(12(18)5-13(15)19)11-7-22-8-24-17(11)26-9-2-3-14(16(20)21)23-6-9/h2-8,16H,1H3. The molecule has 26 heavy (non-hydrogen) atoms. The van der Waals surface area contributed by atoms with Crippen LogP contribution in [0.5, 0.6) is 17.4 Å². The highest BCUT2D eigenvalue weighted by molar-refractivity contribution is 5.70. The number of methoxy groups -OCH3 is 1. The Hall–Kier alpha value is -3.23. The molecule has 0 saturated carbocycles. The number of alkyl halides is 2. The average Bonchev–Trinajstić information content (AvgIpc) is 2.63. The van der Waals surface area contributed by atoms with Crippen molar-refractivity contribution in [3.05, 3.63) is 60.3 Å². The number of rotatable bonds is 5. The number of halogens is 4. The topological polar surface area (TPSA) is 57.1 Å². The summed E-state index contributed by atoms with van der Waals surface area (Å²) >= 11 is 0. The van der Waals surface area contributed by atoms with Crippen molar-refractivity contribution in [1.29, 1.82) is 0 Å². The van der Waals surface area contributed by atoms with E-state index in [2.05, 4.69) is 15.0 Å². The monoisotopic (exact) mass is 365 g/mol. The molecule has 0 spiro atoms.